The maximum Gasteiger partial charge on any atom is 0.0478 e. The topological polar surface area (TPSA) is 12.5 Å². The van der Waals surface area contributed by atoms with Crippen LogP contribution in [0.25, 0.3) is 0 Å². The van der Waals surface area contributed by atoms with Crippen LogP contribution in [0.1, 0.15) is 26.7 Å². The van der Waals surface area contributed by atoms with Gasteiger partial charge in [0.05, 0.1) is 0 Å². The second-order valence-corrected chi connectivity index (χ2v) is 3.82. The minimum absolute atomic E-state index is 0.841. The zero-order valence-corrected chi connectivity index (χ0v) is 10.5. The molecule has 13 heavy (non-hydrogen) atoms. The van der Waals surface area contributed by atoms with Crippen molar-refractivity contribution in [1.82, 2.24) is 4.90 Å². The summed E-state index contributed by atoms with van der Waals surface area (Å²) in [4.78, 5) is 2.47. The Morgan fingerprint density at radius 2 is 1.85 bits per heavy atom. The van der Waals surface area contributed by atoms with Gasteiger partial charge in [0.1, 0.15) is 0 Å². The van der Waals surface area contributed by atoms with Gasteiger partial charge in [-0.3, -0.25) is 0 Å². The summed E-state index contributed by atoms with van der Waals surface area (Å²) in [5.41, 5.74) is 0. The van der Waals surface area contributed by atoms with Crippen molar-refractivity contribution in [3.05, 3.63) is 0 Å². The molecule has 0 aromatic heterocycles. The van der Waals surface area contributed by atoms with E-state index in [0.717, 1.165) is 31.5 Å². The van der Waals surface area contributed by atoms with Crippen LogP contribution >= 0.6 is 15.9 Å². The second kappa shape index (κ2) is 10.5. The monoisotopic (exact) mass is 251 g/mol. The van der Waals surface area contributed by atoms with Gasteiger partial charge in [0, 0.05) is 25.1 Å². The van der Waals surface area contributed by atoms with E-state index in [1.54, 1.807) is 0 Å². The van der Waals surface area contributed by atoms with Gasteiger partial charge in [-0.15, -0.1) is 0 Å². The molecule has 2 nitrogen and oxygen atoms in total. The standard InChI is InChI=1S/C10H22BrNO/c1-3-12(8-5-7-11)9-6-10-13-4-2/h3-10H2,1-2H3. The van der Waals surface area contributed by atoms with E-state index in [1.807, 2.05) is 6.92 Å². The highest BCUT2D eigenvalue weighted by molar-refractivity contribution is 9.09. The molecular formula is C10H22BrNO. The second-order valence-electron chi connectivity index (χ2n) is 3.03. The summed E-state index contributed by atoms with van der Waals surface area (Å²) in [6, 6.07) is 0. The normalized spacial score (nSPS) is 11.1. The summed E-state index contributed by atoms with van der Waals surface area (Å²) >= 11 is 3.45. The first kappa shape index (κ1) is 13.4. The van der Waals surface area contributed by atoms with Gasteiger partial charge in [0.2, 0.25) is 0 Å². The Morgan fingerprint density at radius 1 is 1.15 bits per heavy atom. The number of hydrogen-bond donors (Lipinski definition) is 0. The molecule has 0 saturated carbocycles. The minimum Gasteiger partial charge on any atom is -0.382 e. The Labute approximate surface area is 90.8 Å². The molecule has 0 amide bonds. The largest absolute Gasteiger partial charge is 0.382 e. The average Bonchev–Trinajstić information content (AvgIpc) is 2.17. The maximum absolute atomic E-state index is 5.30. The Hall–Kier alpha value is 0.400. The van der Waals surface area contributed by atoms with Gasteiger partial charge >= 0.3 is 0 Å². The fraction of sp³-hybridized carbons (Fsp3) is 1.00. The molecule has 0 aliphatic heterocycles. The Balaban J connectivity index is 3.25. The zero-order chi connectivity index (χ0) is 9.94. The van der Waals surface area contributed by atoms with Crippen LogP contribution in [0.5, 0.6) is 0 Å². The molecule has 0 atom stereocenters. The van der Waals surface area contributed by atoms with Crippen LogP contribution in [0, 0.1) is 0 Å². The molecule has 0 heterocycles. The van der Waals surface area contributed by atoms with E-state index in [0.29, 0.717) is 0 Å². The number of rotatable bonds is 9. The number of alkyl halides is 1. The lowest BCUT2D eigenvalue weighted by atomic mass is 10.3. The summed E-state index contributed by atoms with van der Waals surface area (Å²) in [5.74, 6) is 0. The SMILES string of the molecule is CCOCCCN(CC)CCCBr. The summed E-state index contributed by atoms with van der Waals surface area (Å²) < 4.78 is 5.30. The van der Waals surface area contributed by atoms with E-state index in [9.17, 15) is 0 Å². The summed E-state index contributed by atoms with van der Waals surface area (Å²) in [5, 5.41) is 1.11. The van der Waals surface area contributed by atoms with Gasteiger partial charge in [-0.1, -0.05) is 22.9 Å². The first-order chi connectivity index (χ1) is 6.35. The van der Waals surface area contributed by atoms with Crippen LogP contribution in [-0.4, -0.2) is 43.1 Å². The van der Waals surface area contributed by atoms with E-state index in [4.69, 9.17) is 4.74 Å². The van der Waals surface area contributed by atoms with Gasteiger partial charge in [-0.2, -0.15) is 0 Å². The Kier molecular flexibility index (Phi) is 10.8. The van der Waals surface area contributed by atoms with Crippen LogP contribution in [0.15, 0.2) is 0 Å². The molecule has 80 valence electrons. The van der Waals surface area contributed by atoms with Gasteiger partial charge in [-0.05, 0) is 32.9 Å². The van der Waals surface area contributed by atoms with Gasteiger partial charge in [-0.25, -0.2) is 0 Å². The number of nitrogens with zero attached hydrogens (tertiary/aromatic N) is 1. The molecule has 3 heteroatoms. The summed E-state index contributed by atoms with van der Waals surface area (Å²) in [7, 11) is 0. The molecule has 0 aromatic carbocycles. The van der Waals surface area contributed by atoms with Gasteiger partial charge in [0.25, 0.3) is 0 Å². The van der Waals surface area contributed by atoms with Crippen LogP contribution in [0.2, 0.25) is 0 Å². The van der Waals surface area contributed by atoms with Crippen molar-refractivity contribution >= 4 is 15.9 Å². The van der Waals surface area contributed by atoms with Crippen molar-refractivity contribution in [1.29, 1.82) is 0 Å². The van der Waals surface area contributed by atoms with Crippen LogP contribution < -0.4 is 0 Å². The quantitative estimate of drug-likeness (QED) is 0.462. The predicted octanol–water partition coefficient (Wildman–Crippen LogP) is 2.52. The lowest BCUT2D eigenvalue weighted by molar-refractivity contribution is 0.132. The van der Waals surface area contributed by atoms with Crippen LogP contribution in [0.3, 0.4) is 0 Å². The van der Waals surface area contributed by atoms with Crippen molar-refractivity contribution in [2.45, 2.75) is 26.7 Å². The third-order valence-corrected chi connectivity index (χ3v) is 2.58. The van der Waals surface area contributed by atoms with Gasteiger partial charge in [0.15, 0.2) is 0 Å². The van der Waals surface area contributed by atoms with E-state index >= 15 is 0 Å². The third-order valence-electron chi connectivity index (χ3n) is 2.02. The number of halogens is 1. The average molecular weight is 252 g/mol. The molecule has 0 N–H and O–H groups in total. The minimum atomic E-state index is 0.841. The smallest absolute Gasteiger partial charge is 0.0478 e. The molecule has 0 aliphatic rings. The molecule has 0 radical (unpaired) electrons. The van der Waals surface area contributed by atoms with E-state index in [2.05, 4.69) is 27.8 Å². The highest BCUT2D eigenvalue weighted by Crippen LogP contribution is 1.96. The fourth-order valence-corrected chi connectivity index (χ4v) is 1.50. The van der Waals surface area contributed by atoms with Crippen molar-refractivity contribution < 1.29 is 4.74 Å². The first-order valence-corrected chi connectivity index (χ1v) is 6.33. The van der Waals surface area contributed by atoms with Crippen LogP contribution in [0.4, 0.5) is 0 Å². The Bertz CT molecular complexity index is 101. The molecule has 0 aliphatic carbocycles. The lowest BCUT2D eigenvalue weighted by Crippen LogP contribution is -2.26. The molecule has 0 fully saturated rings. The van der Waals surface area contributed by atoms with Gasteiger partial charge < -0.3 is 9.64 Å². The van der Waals surface area contributed by atoms with E-state index in [-0.39, 0.29) is 0 Å². The van der Waals surface area contributed by atoms with Crippen molar-refractivity contribution in [2.75, 3.05) is 38.2 Å². The van der Waals surface area contributed by atoms with Crippen molar-refractivity contribution in [2.24, 2.45) is 0 Å². The van der Waals surface area contributed by atoms with Crippen molar-refractivity contribution in [3.8, 4) is 0 Å². The number of ether oxygens (including phenoxy) is 1. The number of hydrogen-bond acceptors (Lipinski definition) is 2. The molecule has 0 aromatic rings. The highest BCUT2D eigenvalue weighted by Gasteiger charge is 2.00. The summed E-state index contributed by atoms with van der Waals surface area (Å²) in [6.45, 7) is 9.53. The van der Waals surface area contributed by atoms with Crippen molar-refractivity contribution in [3.63, 3.8) is 0 Å². The van der Waals surface area contributed by atoms with E-state index < -0.39 is 0 Å². The third kappa shape index (κ3) is 8.72. The van der Waals surface area contributed by atoms with Crippen LogP contribution in [-0.2, 0) is 4.74 Å². The maximum atomic E-state index is 5.30. The molecule has 0 bridgehead atoms. The lowest BCUT2D eigenvalue weighted by Gasteiger charge is -2.19. The highest BCUT2D eigenvalue weighted by atomic mass is 79.9. The fourth-order valence-electron chi connectivity index (χ4n) is 1.25. The first-order valence-electron chi connectivity index (χ1n) is 5.21. The van der Waals surface area contributed by atoms with E-state index in [1.165, 1.54) is 19.5 Å². The molecule has 0 rings (SSSR count). The molecule has 0 spiro atoms. The zero-order valence-electron chi connectivity index (χ0n) is 8.89. The predicted molar refractivity (Wildman–Crippen MR) is 61.6 cm³/mol. The molecule has 0 saturated heterocycles. The Morgan fingerprint density at radius 3 is 2.38 bits per heavy atom. The molecular weight excluding hydrogens is 230 g/mol. The summed E-state index contributed by atoms with van der Waals surface area (Å²) in [6.07, 6.45) is 2.40. The molecule has 0 unspecified atom stereocenters.